The van der Waals surface area contributed by atoms with E-state index < -0.39 is 28.2 Å². The van der Waals surface area contributed by atoms with Gasteiger partial charge in [-0.3, -0.25) is 9.59 Å². The Kier molecular flexibility index (Phi) is 7.59. The van der Waals surface area contributed by atoms with E-state index in [0.717, 1.165) is 37.1 Å². The van der Waals surface area contributed by atoms with Crippen LogP contribution in [-0.4, -0.2) is 46.4 Å². The summed E-state index contributed by atoms with van der Waals surface area (Å²) < 4.78 is 6.49. The molecule has 0 unspecified atom stereocenters. The molecule has 6 nitrogen and oxygen atoms in total. The number of allylic oxidation sites excluding steroid dienone is 2. The van der Waals surface area contributed by atoms with Crippen molar-refractivity contribution in [3.63, 3.8) is 0 Å². The van der Waals surface area contributed by atoms with Gasteiger partial charge in [0, 0.05) is 18.7 Å². The van der Waals surface area contributed by atoms with Gasteiger partial charge in [-0.1, -0.05) is 0 Å². The molecule has 136 valence electrons. The summed E-state index contributed by atoms with van der Waals surface area (Å²) >= 11 is 0. The van der Waals surface area contributed by atoms with Crippen molar-refractivity contribution in [2.24, 2.45) is 5.73 Å². The summed E-state index contributed by atoms with van der Waals surface area (Å²) in [6.07, 6.45) is 4.00. The van der Waals surface area contributed by atoms with Gasteiger partial charge in [-0.2, -0.15) is 0 Å². The molecule has 24 heavy (non-hydrogen) atoms. The maximum absolute atomic E-state index is 11.3. The SMILES string of the molecule is C[Si](C)(CCCN)O[Si](C)(C)CCCNC1=CC(=O)C(=O)C=C1O. The van der Waals surface area contributed by atoms with Crippen LogP contribution in [0.4, 0.5) is 0 Å². The number of nitrogens with two attached hydrogens (primary N) is 1. The van der Waals surface area contributed by atoms with Gasteiger partial charge in [0.1, 0.15) is 5.76 Å². The summed E-state index contributed by atoms with van der Waals surface area (Å²) in [6, 6.07) is 2.07. The largest absolute Gasteiger partial charge is 0.506 e. The van der Waals surface area contributed by atoms with E-state index in [9.17, 15) is 14.7 Å². The number of rotatable bonds is 10. The highest BCUT2D eigenvalue weighted by atomic mass is 28.4. The van der Waals surface area contributed by atoms with E-state index in [1.807, 2.05) is 0 Å². The molecule has 1 aliphatic rings. The molecule has 0 saturated carbocycles. The van der Waals surface area contributed by atoms with Crippen molar-refractivity contribution < 1.29 is 18.8 Å². The molecule has 0 fully saturated rings. The average Bonchev–Trinajstić information content (AvgIpc) is 2.45. The van der Waals surface area contributed by atoms with E-state index >= 15 is 0 Å². The van der Waals surface area contributed by atoms with Crippen LogP contribution in [0.5, 0.6) is 0 Å². The van der Waals surface area contributed by atoms with Gasteiger partial charge in [-0.15, -0.1) is 0 Å². The normalized spacial score (nSPS) is 16.0. The van der Waals surface area contributed by atoms with Crippen LogP contribution in [-0.2, 0) is 13.7 Å². The molecule has 0 amide bonds. The van der Waals surface area contributed by atoms with Gasteiger partial charge in [0.05, 0.1) is 5.70 Å². The minimum absolute atomic E-state index is 0.178. The van der Waals surface area contributed by atoms with E-state index in [4.69, 9.17) is 9.85 Å². The number of carbonyl (C=O) groups is 2. The molecule has 0 radical (unpaired) electrons. The number of ketones is 2. The minimum Gasteiger partial charge on any atom is -0.506 e. The van der Waals surface area contributed by atoms with Gasteiger partial charge in [0.25, 0.3) is 0 Å². The summed E-state index contributed by atoms with van der Waals surface area (Å²) in [5, 5.41) is 12.7. The van der Waals surface area contributed by atoms with Crippen molar-refractivity contribution in [2.45, 2.75) is 51.1 Å². The molecule has 0 bridgehead atoms. The topological polar surface area (TPSA) is 102 Å². The van der Waals surface area contributed by atoms with E-state index in [2.05, 4.69) is 31.5 Å². The van der Waals surface area contributed by atoms with Crippen LogP contribution in [0.25, 0.3) is 0 Å². The second kappa shape index (κ2) is 8.75. The molecule has 0 aromatic carbocycles. The van der Waals surface area contributed by atoms with Crippen LogP contribution in [0.2, 0.25) is 38.3 Å². The Hall–Kier alpha value is -1.23. The monoisotopic (exact) mass is 370 g/mol. The molecule has 0 spiro atoms. The van der Waals surface area contributed by atoms with Crippen molar-refractivity contribution in [3.8, 4) is 0 Å². The highest BCUT2D eigenvalue weighted by Crippen LogP contribution is 2.23. The van der Waals surface area contributed by atoms with Gasteiger partial charge in [0.15, 0.2) is 16.6 Å². The number of carbonyl (C=O) groups excluding carboxylic acids is 2. The van der Waals surface area contributed by atoms with E-state index in [0.29, 0.717) is 18.8 Å². The predicted octanol–water partition coefficient (Wildman–Crippen LogP) is 2.22. The Bertz CT molecular complexity index is 542. The molecular formula is C16H30N2O4Si2. The number of hydrogen-bond acceptors (Lipinski definition) is 6. The third-order valence-electron chi connectivity index (χ3n) is 3.87. The molecule has 8 heteroatoms. The standard InChI is InChI=1S/C16H30N2O4Si2/c1-23(2,9-5-7-17)22-24(3,4)10-6-8-18-13-11-15(20)16(21)12-14(13)19/h11-12,18-19H,5-10,17H2,1-4H3. The van der Waals surface area contributed by atoms with Gasteiger partial charge in [-0.05, 0) is 57.7 Å². The van der Waals surface area contributed by atoms with Crippen LogP contribution in [0.15, 0.2) is 23.6 Å². The molecule has 0 saturated heterocycles. The minimum atomic E-state index is -1.75. The molecule has 0 aromatic heterocycles. The number of nitrogens with one attached hydrogen (secondary N) is 1. The van der Waals surface area contributed by atoms with Crippen LogP contribution in [0.1, 0.15) is 12.8 Å². The van der Waals surface area contributed by atoms with Crippen LogP contribution in [0, 0.1) is 0 Å². The number of aliphatic hydroxyl groups excluding tert-OH is 1. The highest BCUT2D eigenvalue weighted by molar-refractivity contribution is 6.84. The lowest BCUT2D eigenvalue weighted by Crippen LogP contribution is -2.44. The van der Waals surface area contributed by atoms with Gasteiger partial charge in [0.2, 0.25) is 11.6 Å². The zero-order valence-electron chi connectivity index (χ0n) is 15.1. The number of hydrogen-bond donors (Lipinski definition) is 3. The Balaban J connectivity index is 2.41. The second-order valence-electron chi connectivity index (χ2n) is 7.36. The summed E-state index contributed by atoms with van der Waals surface area (Å²) in [7, 11) is -3.41. The van der Waals surface area contributed by atoms with Crippen molar-refractivity contribution in [3.05, 3.63) is 23.6 Å². The van der Waals surface area contributed by atoms with Crippen molar-refractivity contribution in [1.29, 1.82) is 0 Å². The second-order valence-corrected chi connectivity index (χ2v) is 16.2. The maximum atomic E-state index is 11.3. The zero-order valence-corrected chi connectivity index (χ0v) is 17.1. The smallest absolute Gasteiger partial charge is 0.229 e. The van der Waals surface area contributed by atoms with Crippen molar-refractivity contribution in [1.82, 2.24) is 5.32 Å². The first-order valence-corrected chi connectivity index (χ1v) is 14.6. The Morgan fingerprint density at radius 1 is 1.04 bits per heavy atom. The van der Waals surface area contributed by atoms with E-state index in [1.54, 1.807) is 0 Å². The van der Waals surface area contributed by atoms with E-state index in [-0.39, 0.29) is 5.76 Å². The molecular weight excluding hydrogens is 340 g/mol. The lowest BCUT2D eigenvalue weighted by Gasteiger charge is -2.34. The lowest BCUT2D eigenvalue weighted by atomic mass is 10.1. The fraction of sp³-hybridized carbons (Fsp3) is 0.625. The zero-order chi connectivity index (χ0) is 18.4. The summed E-state index contributed by atoms with van der Waals surface area (Å²) in [6.45, 7) is 10.3. The van der Waals surface area contributed by atoms with Crippen LogP contribution >= 0.6 is 0 Å². The van der Waals surface area contributed by atoms with E-state index in [1.165, 1.54) is 0 Å². The first-order valence-electron chi connectivity index (χ1n) is 8.41. The summed E-state index contributed by atoms with van der Waals surface area (Å²) in [5.41, 5.74) is 5.91. The quantitative estimate of drug-likeness (QED) is 0.236. The molecule has 4 N–H and O–H groups in total. The Morgan fingerprint density at radius 3 is 2.17 bits per heavy atom. The summed E-state index contributed by atoms with van der Waals surface area (Å²) in [5.74, 6) is -1.48. The molecule has 0 heterocycles. The van der Waals surface area contributed by atoms with Gasteiger partial charge in [-0.25, -0.2) is 0 Å². The van der Waals surface area contributed by atoms with Gasteiger partial charge < -0.3 is 20.3 Å². The number of aliphatic hydroxyl groups is 1. The lowest BCUT2D eigenvalue weighted by molar-refractivity contribution is -0.131. The first-order chi connectivity index (χ1) is 11.1. The van der Waals surface area contributed by atoms with Crippen molar-refractivity contribution >= 4 is 28.2 Å². The molecule has 0 aliphatic heterocycles. The van der Waals surface area contributed by atoms with Crippen molar-refractivity contribution in [2.75, 3.05) is 13.1 Å². The molecule has 0 atom stereocenters. The highest BCUT2D eigenvalue weighted by Gasteiger charge is 2.32. The first kappa shape index (κ1) is 20.8. The maximum Gasteiger partial charge on any atom is 0.229 e. The fourth-order valence-corrected chi connectivity index (χ4v) is 11.7. The Labute approximate surface area is 146 Å². The third-order valence-corrected chi connectivity index (χ3v) is 11.4. The molecule has 0 aromatic rings. The predicted molar refractivity (Wildman–Crippen MR) is 101 cm³/mol. The van der Waals surface area contributed by atoms with Crippen LogP contribution < -0.4 is 11.1 Å². The van der Waals surface area contributed by atoms with Gasteiger partial charge >= 0.3 is 0 Å². The molecule has 1 aliphatic carbocycles. The Morgan fingerprint density at radius 2 is 1.58 bits per heavy atom. The average molecular weight is 371 g/mol. The molecule has 1 rings (SSSR count). The fourth-order valence-electron chi connectivity index (χ4n) is 2.81. The van der Waals surface area contributed by atoms with Crippen LogP contribution in [0.3, 0.4) is 0 Å². The summed E-state index contributed by atoms with van der Waals surface area (Å²) in [4.78, 5) is 22.5. The third kappa shape index (κ3) is 7.12.